The number of benzene rings is 1. The Hall–Kier alpha value is -1.73. The monoisotopic (exact) mass is 241 g/mol. The van der Waals surface area contributed by atoms with Crippen LogP contribution >= 0.6 is 0 Å². The van der Waals surface area contributed by atoms with Gasteiger partial charge in [-0.15, -0.1) is 0 Å². The number of hydrogen-bond donors (Lipinski definition) is 2. The van der Waals surface area contributed by atoms with E-state index in [9.17, 15) is 14.5 Å². The van der Waals surface area contributed by atoms with E-state index in [1.807, 2.05) is 0 Å². The van der Waals surface area contributed by atoms with Crippen molar-refractivity contribution in [2.45, 2.75) is 6.17 Å². The Labute approximate surface area is 96.9 Å². The van der Waals surface area contributed by atoms with E-state index in [0.717, 1.165) is 6.07 Å². The average Bonchev–Trinajstić information content (AvgIpc) is 2.32. The SMILES string of the molecule is O=[N+]([O-])c1cc(F)ccc1NC1COCCN1. The van der Waals surface area contributed by atoms with Crippen LogP contribution in [0.2, 0.25) is 0 Å². The first kappa shape index (κ1) is 11.7. The van der Waals surface area contributed by atoms with Gasteiger partial charge in [0.05, 0.1) is 24.2 Å². The first-order chi connectivity index (χ1) is 8.16. The number of nitrogens with zero attached hydrogens (tertiary/aromatic N) is 1. The predicted octanol–water partition coefficient (Wildman–Crippen LogP) is 1.09. The molecule has 2 N–H and O–H groups in total. The van der Waals surface area contributed by atoms with Gasteiger partial charge in [-0.05, 0) is 12.1 Å². The summed E-state index contributed by atoms with van der Waals surface area (Å²) in [4.78, 5) is 10.1. The second-order valence-corrected chi connectivity index (χ2v) is 3.64. The van der Waals surface area contributed by atoms with Gasteiger partial charge in [0, 0.05) is 6.54 Å². The summed E-state index contributed by atoms with van der Waals surface area (Å²) in [7, 11) is 0. The third-order valence-electron chi connectivity index (χ3n) is 2.41. The van der Waals surface area contributed by atoms with Crippen LogP contribution in [-0.4, -0.2) is 30.8 Å². The van der Waals surface area contributed by atoms with E-state index in [-0.39, 0.29) is 17.5 Å². The smallest absolute Gasteiger partial charge is 0.295 e. The predicted molar refractivity (Wildman–Crippen MR) is 59.3 cm³/mol. The normalized spacial score (nSPS) is 19.9. The molecule has 0 saturated carbocycles. The third-order valence-corrected chi connectivity index (χ3v) is 2.41. The van der Waals surface area contributed by atoms with E-state index < -0.39 is 10.7 Å². The van der Waals surface area contributed by atoms with Crippen LogP contribution in [0, 0.1) is 15.9 Å². The highest BCUT2D eigenvalue weighted by molar-refractivity contribution is 5.61. The lowest BCUT2D eigenvalue weighted by Crippen LogP contribution is -2.46. The number of halogens is 1. The van der Waals surface area contributed by atoms with Crippen molar-refractivity contribution < 1.29 is 14.1 Å². The highest BCUT2D eigenvalue weighted by Gasteiger charge is 2.19. The molecular formula is C10H12FN3O3. The van der Waals surface area contributed by atoms with E-state index >= 15 is 0 Å². The minimum atomic E-state index is -0.630. The molecule has 6 nitrogen and oxygen atoms in total. The van der Waals surface area contributed by atoms with Gasteiger partial charge >= 0.3 is 0 Å². The second kappa shape index (κ2) is 5.07. The standard InChI is InChI=1S/C10H12FN3O3/c11-7-1-2-8(9(5-7)14(15)16)13-10-6-17-4-3-12-10/h1-2,5,10,12-13H,3-4,6H2. The molecule has 1 unspecified atom stereocenters. The zero-order valence-corrected chi connectivity index (χ0v) is 8.98. The number of anilines is 1. The number of ether oxygens (including phenoxy) is 1. The summed E-state index contributed by atoms with van der Waals surface area (Å²) >= 11 is 0. The molecule has 1 aromatic carbocycles. The molecule has 0 aromatic heterocycles. The Morgan fingerprint density at radius 3 is 3.06 bits per heavy atom. The van der Waals surface area contributed by atoms with Gasteiger partial charge in [-0.2, -0.15) is 0 Å². The highest BCUT2D eigenvalue weighted by Crippen LogP contribution is 2.25. The minimum absolute atomic E-state index is 0.201. The molecule has 17 heavy (non-hydrogen) atoms. The Morgan fingerprint density at radius 2 is 2.41 bits per heavy atom. The molecule has 7 heteroatoms. The number of rotatable bonds is 3. The van der Waals surface area contributed by atoms with E-state index in [0.29, 0.717) is 19.8 Å². The number of hydrogen-bond acceptors (Lipinski definition) is 5. The molecule has 1 heterocycles. The molecule has 2 rings (SSSR count). The van der Waals surface area contributed by atoms with Gasteiger partial charge < -0.3 is 10.1 Å². The van der Waals surface area contributed by atoms with E-state index in [4.69, 9.17) is 4.74 Å². The molecule has 0 bridgehead atoms. The van der Waals surface area contributed by atoms with E-state index in [1.54, 1.807) is 0 Å². The molecule has 1 aliphatic heterocycles. The van der Waals surface area contributed by atoms with Crippen molar-refractivity contribution in [3.63, 3.8) is 0 Å². The summed E-state index contributed by atoms with van der Waals surface area (Å²) in [6.07, 6.45) is -0.201. The van der Waals surface area contributed by atoms with Crippen molar-refractivity contribution >= 4 is 11.4 Å². The second-order valence-electron chi connectivity index (χ2n) is 3.64. The first-order valence-corrected chi connectivity index (χ1v) is 5.18. The molecule has 1 atom stereocenters. The van der Waals surface area contributed by atoms with Gasteiger partial charge in [-0.3, -0.25) is 15.4 Å². The first-order valence-electron chi connectivity index (χ1n) is 5.18. The van der Waals surface area contributed by atoms with Crippen molar-refractivity contribution in [3.8, 4) is 0 Å². The van der Waals surface area contributed by atoms with Gasteiger partial charge in [-0.1, -0.05) is 0 Å². The van der Waals surface area contributed by atoms with E-state index in [1.165, 1.54) is 12.1 Å². The van der Waals surface area contributed by atoms with Gasteiger partial charge in [0.15, 0.2) is 0 Å². The zero-order chi connectivity index (χ0) is 12.3. The maximum atomic E-state index is 12.9. The van der Waals surface area contributed by atoms with Crippen LogP contribution in [0.4, 0.5) is 15.8 Å². The molecule has 0 amide bonds. The molecular weight excluding hydrogens is 229 g/mol. The molecule has 0 radical (unpaired) electrons. The summed E-state index contributed by atoms with van der Waals surface area (Å²) < 4.78 is 18.1. The molecule has 1 aliphatic rings. The molecule has 1 saturated heterocycles. The maximum Gasteiger partial charge on any atom is 0.295 e. The summed E-state index contributed by atoms with van der Waals surface area (Å²) in [6, 6.07) is 3.43. The number of nitro benzene ring substituents is 1. The van der Waals surface area contributed by atoms with Crippen LogP contribution in [-0.2, 0) is 4.74 Å². The van der Waals surface area contributed by atoms with Gasteiger partial charge in [0.25, 0.3) is 5.69 Å². The molecule has 1 fully saturated rings. The van der Waals surface area contributed by atoms with Crippen LogP contribution in [0.15, 0.2) is 18.2 Å². The molecule has 0 spiro atoms. The lowest BCUT2D eigenvalue weighted by molar-refractivity contribution is -0.384. The third kappa shape index (κ3) is 2.89. The Kier molecular flexibility index (Phi) is 3.50. The Morgan fingerprint density at radius 1 is 1.59 bits per heavy atom. The van der Waals surface area contributed by atoms with Crippen molar-refractivity contribution in [1.29, 1.82) is 0 Å². The number of morpholine rings is 1. The van der Waals surface area contributed by atoms with Crippen molar-refractivity contribution in [3.05, 3.63) is 34.1 Å². The lowest BCUT2D eigenvalue weighted by atomic mass is 10.2. The molecule has 0 aliphatic carbocycles. The summed E-state index contributed by atoms with van der Waals surface area (Å²) in [6.45, 7) is 1.70. The number of nitro groups is 1. The van der Waals surface area contributed by atoms with Crippen LogP contribution in [0.3, 0.4) is 0 Å². The lowest BCUT2D eigenvalue weighted by Gasteiger charge is -2.25. The van der Waals surface area contributed by atoms with Crippen molar-refractivity contribution in [2.75, 3.05) is 25.1 Å². The van der Waals surface area contributed by atoms with Crippen LogP contribution in [0.25, 0.3) is 0 Å². The molecule has 92 valence electrons. The van der Waals surface area contributed by atoms with Gasteiger partial charge in [0.2, 0.25) is 0 Å². The van der Waals surface area contributed by atoms with Crippen LogP contribution in [0.5, 0.6) is 0 Å². The summed E-state index contributed by atoms with van der Waals surface area (Å²) in [5.74, 6) is -0.630. The van der Waals surface area contributed by atoms with E-state index in [2.05, 4.69) is 10.6 Å². The summed E-state index contributed by atoms with van der Waals surface area (Å²) in [5.41, 5.74) is -0.00299. The van der Waals surface area contributed by atoms with Crippen LogP contribution < -0.4 is 10.6 Å². The van der Waals surface area contributed by atoms with Crippen molar-refractivity contribution in [2.24, 2.45) is 0 Å². The van der Waals surface area contributed by atoms with Crippen molar-refractivity contribution in [1.82, 2.24) is 5.32 Å². The fourth-order valence-corrected chi connectivity index (χ4v) is 1.62. The minimum Gasteiger partial charge on any atom is -0.377 e. The Balaban J connectivity index is 2.16. The highest BCUT2D eigenvalue weighted by atomic mass is 19.1. The molecule has 1 aromatic rings. The fraction of sp³-hybridized carbons (Fsp3) is 0.400. The number of nitrogens with one attached hydrogen (secondary N) is 2. The Bertz CT molecular complexity index is 421. The summed E-state index contributed by atoms with van der Waals surface area (Å²) in [5, 5.41) is 16.8. The largest absolute Gasteiger partial charge is 0.377 e. The van der Waals surface area contributed by atoms with Crippen LogP contribution in [0.1, 0.15) is 0 Å². The van der Waals surface area contributed by atoms with Gasteiger partial charge in [0.1, 0.15) is 17.7 Å². The van der Waals surface area contributed by atoms with Gasteiger partial charge in [-0.25, -0.2) is 4.39 Å². The fourth-order valence-electron chi connectivity index (χ4n) is 1.62. The maximum absolute atomic E-state index is 12.9. The zero-order valence-electron chi connectivity index (χ0n) is 8.98. The average molecular weight is 241 g/mol. The quantitative estimate of drug-likeness (QED) is 0.612. The topological polar surface area (TPSA) is 76.4 Å².